The second-order valence-corrected chi connectivity index (χ2v) is 10.7. The van der Waals surface area contributed by atoms with Crippen molar-refractivity contribution in [1.82, 2.24) is 9.84 Å². The van der Waals surface area contributed by atoms with E-state index in [9.17, 15) is 13.2 Å². The average Bonchev–Trinajstić information content (AvgIpc) is 3.42. The molecule has 0 radical (unpaired) electrons. The second kappa shape index (κ2) is 11.2. The van der Waals surface area contributed by atoms with Gasteiger partial charge >= 0.3 is 0 Å². The van der Waals surface area contributed by atoms with Crippen molar-refractivity contribution in [3.8, 4) is 21.9 Å². The van der Waals surface area contributed by atoms with Crippen LogP contribution < -0.4 is 14.3 Å². The minimum atomic E-state index is -3.68. The maximum absolute atomic E-state index is 12.8. The van der Waals surface area contributed by atoms with Crippen LogP contribution >= 0.6 is 11.3 Å². The Bertz CT molecular complexity index is 1290. The molecule has 1 N–H and O–H groups in total. The minimum absolute atomic E-state index is 0.126. The summed E-state index contributed by atoms with van der Waals surface area (Å²) in [6.45, 7) is 1.40. The Labute approximate surface area is 210 Å². The summed E-state index contributed by atoms with van der Waals surface area (Å²) in [4.78, 5) is 16.6. The van der Waals surface area contributed by atoms with Crippen LogP contribution in [0.1, 0.15) is 35.2 Å². The van der Waals surface area contributed by atoms with Gasteiger partial charge in [0.2, 0.25) is 0 Å². The van der Waals surface area contributed by atoms with Gasteiger partial charge in [0, 0.05) is 40.7 Å². The van der Waals surface area contributed by atoms with E-state index in [0.29, 0.717) is 30.2 Å². The molecule has 2 aromatic carbocycles. The first-order chi connectivity index (χ1) is 16.9. The first-order valence-corrected chi connectivity index (χ1v) is 13.7. The van der Waals surface area contributed by atoms with E-state index in [1.807, 2.05) is 23.6 Å². The molecule has 1 aliphatic heterocycles. The second-order valence-electron chi connectivity index (χ2n) is 8.14. The van der Waals surface area contributed by atoms with E-state index in [-0.39, 0.29) is 10.7 Å². The molecule has 0 atom stereocenters. The zero-order valence-electron chi connectivity index (χ0n) is 19.7. The number of hydrogen-bond acceptors (Lipinski definition) is 7. The topological polar surface area (TPSA) is 84.9 Å². The third kappa shape index (κ3) is 5.99. The number of nitrogens with zero attached hydrogens (tertiary/aromatic N) is 1. The van der Waals surface area contributed by atoms with Gasteiger partial charge in [-0.2, -0.15) is 0 Å². The molecule has 1 saturated heterocycles. The number of carbonyl (C=O) groups is 1. The molecule has 2 heterocycles. The molecular weight excluding hydrogens is 484 g/mol. The van der Waals surface area contributed by atoms with Crippen LogP contribution in [-0.4, -0.2) is 46.5 Å². The third-order valence-corrected chi connectivity index (χ3v) is 8.10. The Balaban J connectivity index is 1.52. The highest BCUT2D eigenvalue weighted by atomic mass is 32.2. The molecule has 1 aliphatic rings. The zero-order chi connectivity index (χ0) is 24.8. The van der Waals surface area contributed by atoms with Crippen LogP contribution in [0.2, 0.25) is 0 Å². The molecule has 184 valence electrons. The van der Waals surface area contributed by atoms with Crippen molar-refractivity contribution in [2.75, 3.05) is 27.3 Å². The third-order valence-electron chi connectivity index (χ3n) is 5.81. The number of thiophene rings is 1. The van der Waals surface area contributed by atoms with Crippen LogP contribution in [0, 0.1) is 0 Å². The molecule has 35 heavy (non-hydrogen) atoms. The van der Waals surface area contributed by atoms with Crippen molar-refractivity contribution in [2.45, 2.75) is 24.2 Å². The number of methoxy groups -OCH3 is 2. The molecule has 1 aromatic heterocycles. The van der Waals surface area contributed by atoms with Crippen molar-refractivity contribution in [3.05, 3.63) is 71.1 Å². The number of carbonyl (C=O) groups excluding carboxylic acids is 1. The highest BCUT2D eigenvalue weighted by Crippen LogP contribution is 2.38. The molecule has 0 unspecified atom stereocenters. The SMILES string of the molecule is COc1cc(OC)c(-c2cccs2)cc1C=CC(=O)c1ccc(S(=O)(=O)NN2CCCCC2)cc1. The van der Waals surface area contributed by atoms with Crippen LogP contribution in [0.25, 0.3) is 16.5 Å². The van der Waals surface area contributed by atoms with Gasteiger partial charge in [0.1, 0.15) is 11.5 Å². The Morgan fingerprint density at radius 2 is 1.71 bits per heavy atom. The number of rotatable bonds is 9. The number of benzene rings is 2. The number of nitrogens with one attached hydrogen (secondary N) is 1. The lowest BCUT2D eigenvalue weighted by atomic mass is 10.0. The molecule has 3 aromatic rings. The molecular formula is C26H28N2O5S2. The number of sulfonamides is 1. The van der Waals surface area contributed by atoms with E-state index < -0.39 is 10.0 Å². The normalized spacial score (nSPS) is 14.8. The summed E-state index contributed by atoms with van der Waals surface area (Å²) < 4.78 is 36.4. The van der Waals surface area contributed by atoms with Gasteiger partial charge in [0.15, 0.2) is 5.78 Å². The van der Waals surface area contributed by atoms with E-state index >= 15 is 0 Å². The maximum Gasteiger partial charge on any atom is 0.253 e. The Hall–Kier alpha value is -2.98. The van der Waals surface area contributed by atoms with Crippen molar-refractivity contribution in [2.24, 2.45) is 0 Å². The first kappa shape index (κ1) is 25.1. The fourth-order valence-corrected chi connectivity index (χ4v) is 5.82. The lowest BCUT2D eigenvalue weighted by Gasteiger charge is -2.26. The summed E-state index contributed by atoms with van der Waals surface area (Å²) in [5.41, 5.74) is 2.03. The van der Waals surface area contributed by atoms with Crippen molar-refractivity contribution < 1.29 is 22.7 Å². The van der Waals surface area contributed by atoms with Crippen LogP contribution in [-0.2, 0) is 10.0 Å². The Morgan fingerprint density at radius 1 is 1.00 bits per heavy atom. The summed E-state index contributed by atoms with van der Waals surface area (Å²) in [5, 5.41) is 3.72. The number of hydrazine groups is 1. The van der Waals surface area contributed by atoms with E-state index in [1.165, 1.54) is 30.3 Å². The molecule has 0 saturated carbocycles. The Morgan fingerprint density at radius 3 is 2.34 bits per heavy atom. The summed E-state index contributed by atoms with van der Waals surface area (Å²) in [6.07, 6.45) is 6.20. The molecule has 0 spiro atoms. The largest absolute Gasteiger partial charge is 0.496 e. The molecule has 4 rings (SSSR count). The number of ether oxygens (including phenoxy) is 2. The summed E-state index contributed by atoms with van der Waals surface area (Å²) in [5.74, 6) is 1.02. The quantitative estimate of drug-likeness (QED) is 0.321. The molecule has 7 nitrogen and oxygen atoms in total. The van der Waals surface area contributed by atoms with Crippen molar-refractivity contribution in [3.63, 3.8) is 0 Å². The molecule has 9 heteroatoms. The van der Waals surface area contributed by atoms with Crippen LogP contribution in [0.15, 0.2) is 64.9 Å². The molecule has 0 bridgehead atoms. The predicted molar refractivity (Wildman–Crippen MR) is 138 cm³/mol. The van der Waals surface area contributed by atoms with Crippen LogP contribution in [0.5, 0.6) is 11.5 Å². The van der Waals surface area contributed by atoms with Gasteiger partial charge in [0.25, 0.3) is 10.0 Å². The van der Waals surface area contributed by atoms with Gasteiger partial charge in [-0.15, -0.1) is 16.2 Å². The standard InChI is InChI=1S/C26H28N2O5S2/c1-32-24-18-25(33-2)22(26-7-6-16-34-26)17-20(24)10-13-23(29)19-8-11-21(12-9-19)35(30,31)27-28-14-4-3-5-15-28/h6-13,16-18,27H,3-5,14-15H2,1-2H3. The van der Waals surface area contributed by atoms with E-state index in [2.05, 4.69) is 4.83 Å². The van der Waals surface area contributed by atoms with Crippen molar-refractivity contribution in [1.29, 1.82) is 0 Å². The molecule has 0 amide bonds. The average molecular weight is 513 g/mol. The van der Waals surface area contributed by atoms with Gasteiger partial charge in [-0.1, -0.05) is 12.5 Å². The fourth-order valence-electron chi connectivity index (χ4n) is 3.95. The monoisotopic (exact) mass is 512 g/mol. The lowest BCUT2D eigenvalue weighted by molar-refractivity contribution is 0.104. The van der Waals surface area contributed by atoms with Crippen molar-refractivity contribution >= 4 is 33.2 Å². The van der Waals surface area contributed by atoms with Gasteiger partial charge < -0.3 is 9.47 Å². The number of ketones is 1. The summed E-state index contributed by atoms with van der Waals surface area (Å²) >= 11 is 1.59. The first-order valence-electron chi connectivity index (χ1n) is 11.3. The highest BCUT2D eigenvalue weighted by Gasteiger charge is 2.20. The van der Waals surface area contributed by atoms with Gasteiger partial charge in [-0.3, -0.25) is 4.79 Å². The van der Waals surface area contributed by atoms with E-state index in [1.54, 1.807) is 42.7 Å². The lowest BCUT2D eigenvalue weighted by Crippen LogP contribution is -2.44. The molecule has 0 aliphatic carbocycles. The number of allylic oxidation sites excluding steroid dienone is 1. The smallest absolute Gasteiger partial charge is 0.253 e. The number of hydrogen-bond donors (Lipinski definition) is 1. The van der Waals surface area contributed by atoms with Crippen LogP contribution in [0.3, 0.4) is 0 Å². The van der Waals surface area contributed by atoms with Gasteiger partial charge in [-0.25, -0.2) is 13.4 Å². The minimum Gasteiger partial charge on any atom is -0.496 e. The molecule has 1 fully saturated rings. The predicted octanol–water partition coefficient (Wildman–Crippen LogP) is 5.01. The van der Waals surface area contributed by atoms with Gasteiger partial charge in [-0.05, 0) is 66.8 Å². The van der Waals surface area contributed by atoms with Gasteiger partial charge in [0.05, 0.1) is 19.1 Å². The zero-order valence-corrected chi connectivity index (χ0v) is 21.3. The number of piperidine rings is 1. The summed E-state index contributed by atoms with van der Waals surface area (Å²) in [7, 11) is -0.507. The summed E-state index contributed by atoms with van der Waals surface area (Å²) in [6, 6.07) is 13.7. The maximum atomic E-state index is 12.8. The fraction of sp³-hybridized carbons (Fsp3) is 0.269. The van der Waals surface area contributed by atoms with E-state index in [0.717, 1.165) is 35.3 Å². The van der Waals surface area contributed by atoms with Crippen LogP contribution in [0.4, 0.5) is 0 Å². The Kier molecular flexibility index (Phi) is 8.02. The van der Waals surface area contributed by atoms with E-state index in [4.69, 9.17) is 9.47 Å². The highest BCUT2D eigenvalue weighted by molar-refractivity contribution is 7.89.